The number of hydrogen-bond donors (Lipinski definition) is 0. The number of fused-ring (bicyclic) bond motifs is 2. The van der Waals surface area contributed by atoms with Crippen LogP contribution in [-0.2, 0) is 4.74 Å². The number of hydrogen-bond acceptors (Lipinski definition) is 4. The molecule has 0 aromatic carbocycles. The van der Waals surface area contributed by atoms with Crippen molar-refractivity contribution in [1.29, 1.82) is 0 Å². The Morgan fingerprint density at radius 1 is 1.45 bits per heavy atom. The number of carbonyl (C=O) groups is 1. The molecule has 7 heteroatoms. The van der Waals surface area contributed by atoms with E-state index in [0.29, 0.717) is 13.2 Å². The Balaban J connectivity index is 1.64. The third kappa shape index (κ3) is 1.65. The summed E-state index contributed by atoms with van der Waals surface area (Å²) in [5.41, 5.74) is 1.82. The molecule has 0 spiro atoms. The van der Waals surface area contributed by atoms with E-state index < -0.39 is 0 Å². The molecule has 2 fully saturated rings. The van der Waals surface area contributed by atoms with Gasteiger partial charge in [0.15, 0.2) is 11.8 Å². The van der Waals surface area contributed by atoms with Gasteiger partial charge in [0.05, 0.1) is 18.5 Å². The quantitative estimate of drug-likeness (QED) is 0.694. The maximum atomic E-state index is 11.7. The molecule has 0 aromatic heterocycles. The number of cyclic esters (lactones) is 1. The maximum absolute atomic E-state index is 11.7. The zero-order valence-electron chi connectivity index (χ0n) is 10.8. The number of piperidine rings is 1. The molecule has 104 valence electrons. The number of rotatable bonds is 1. The first-order chi connectivity index (χ1) is 9.67. The van der Waals surface area contributed by atoms with Gasteiger partial charge in [-0.1, -0.05) is 0 Å². The Kier molecular flexibility index (Phi) is 2.52. The van der Waals surface area contributed by atoms with Crippen LogP contribution < -0.4 is 0 Å². The van der Waals surface area contributed by atoms with Gasteiger partial charge in [-0.15, -0.1) is 4.00 Å². The minimum atomic E-state index is -0.212. The van der Waals surface area contributed by atoms with E-state index in [1.165, 1.54) is 0 Å². The normalized spacial score (nSPS) is 38.2. The van der Waals surface area contributed by atoms with Crippen molar-refractivity contribution in [3.8, 4) is 0 Å². The highest BCUT2D eigenvalue weighted by Crippen LogP contribution is 2.39. The van der Waals surface area contributed by atoms with Crippen LogP contribution in [0.15, 0.2) is 33.8 Å². The standard InChI is InChI=1S/C13H14ClN4O2/c14-18-4-3-15-5-11(18)12(16-8-18)9-1-2-10-7-20-13(19)17(10)6-9/h3-5,8-10H,1-2,6-7H2/q+1/t9-,10+,18?/m1/s1. The van der Waals surface area contributed by atoms with Crippen molar-refractivity contribution in [2.75, 3.05) is 13.2 Å². The summed E-state index contributed by atoms with van der Waals surface area (Å²) in [6.45, 7) is 1.16. The number of amides is 1. The predicted octanol–water partition coefficient (Wildman–Crippen LogP) is 2.00. The fourth-order valence-corrected chi connectivity index (χ4v) is 3.41. The third-order valence-electron chi connectivity index (χ3n) is 4.29. The highest BCUT2D eigenvalue weighted by molar-refractivity contribution is 6.14. The molecular formula is C13H14ClN4O2+. The first kappa shape index (κ1) is 12.1. The van der Waals surface area contributed by atoms with Crippen molar-refractivity contribution in [1.82, 2.24) is 4.90 Å². The zero-order valence-corrected chi connectivity index (χ0v) is 11.5. The summed E-state index contributed by atoms with van der Waals surface area (Å²) in [4.78, 5) is 22.1. The Morgan fingerprint density at radius 2 is 2.35 bits per heavy atom. The van der Waals surface area contributed by atoms with Gasteiger partial charge in [-0.05, 0) is 12.8 Å². The summed E-state index contributed by atoms with van der Waals surface area (Å²) in [6.07, 6.45) is 8.62. The van der Waals surface area contributed by atoms with Gasteiger partial charge in [-0.2, -0.15) is 4.99 Å². The number of carbonyl (C=O) groups excluding carboxylic acids is 1. The second kappa shape index (κ2) is 4.17. The van der Waals surface area contributed by atoms with Crippen LogP contribution in [0.2, 0.25) is 0 Å². The summed E-state index contributed by atoms with van der Waals surface area (Å²) < 4.78 is 5.15. The van der Waals surface area contributed by atoms with Crippen molar-refractivity contribution in [2.45, 2.75) is 18.9 Å². The summed E-state index contributed by atoms with van der Waals surface area (Å²) in [7, 11) is 0. The second-order valence-corrected chi connectivity index (χ2v) is 6.00. The summed E-state index contributed by atoms with van der Waals surface area (Å²) in [5.74, 6) is 0.194. The molecule has 6 nitrogen and oxygen atoms in total. The van der Waals surface area contributed by atoms with Crippen LogP contribution in [0.5, 0.6) is 0 Å². The average Bonchev–Trinajstić information content (AvgIpc) is 2.99. The van der Waals surface area contributed by atoms with Gasteiger partial charge in [0.2, 0.25) is 12.0 Å². The monoisotopic (exact) mass is 293 g/mol. The summed E-state index contributed by atoms with van der Waals surface area (Å²) >= 11 is 6.47. The molecule has 20 heavy (non-hydrogen) atoms. The smallest absolute Gasteiger partial charge is 0.410 e. The zero-order chi connectivity index (χ0) is 13.7. The largest absolute Gasteiger partial charge is 0.447 e. The van der Waals surface area contributed by atoms with Crippen molar-refractivity contribution >= 4 is 30.4 Å². The molecule has 0 bridgehead atoms. The molecule has 2 saturated heterocycles. The van der Waals surface area contributed by atoms with Gasteiger partial charge in [0.1, 0.15) is 18.5 Å². The number of halogens is 1. The van der Waals surface area contributed by atoms with Gasteiger partial charge in [0, 0.05) is 12.5 Å². The van der Waals surface area contributed by atoms with Crippen LogP contribution in [0.25, 0.3) is 0 Å². The number of quaternary nitrogens is 1. The molecular weight excluding hydrogens is 280 g/mol. The number of ether oxygens (including phenoxy) is 1. The van der Waals surface area contributed by atoms with Gasteiger partial charge >= 0.3 is 6.09 Å². The predicted molar refractivity (Wildman–Crippen MR) is 73.8 cm³/mol. The lowest BCUT2D eigenvalue weighted by atomic mass is 9.90. The van der Waals surface area contributed by atoms with E-state index in [-0.39, 0.29) is 22.1 Å². The SMILES string of the molecule is O=C1OC[C@@H]2CC[C@@H](C3=C4C=NC=C[N+]4(Cl)C=N3)CN12. The molecule has 4 aliphatic rings. The van der Waals surface area contributed by atoms with Gasteiger partial charge < -0.3 is 9.64 Å². The van der Waals surface area contributed by atoms with Gasteiger partial charge in [0.25, 0.3) is 0 Å². The molecule has 0 radical (unpaired) electrons. The van der Waals surface area contributed by atoms with E-state index in [0.717, 1.165) is 24.2 Å². The summed E-state index contributed by atoms with van der Waals surface area (Å²) in [5, 5.41) is 0. The van der Waals surface area contributed by atoms with Gasteiger partial charge in [-0.3, -0.25) is 4.99 Å². The lowest BCUT2D eigenvalue weighted by Gasteiger charge is -2.32. The van der Waals surface area contributed by atoms with Crippen molar-refractivity contribution in [3.63, 3.8) is 0 Å². The lowest BCUT2D eigenvalue weighted by molar-refractivity contribution is -0.592. The second-order valence-electron chi connectivity index (χ2n) is 5.44. The molecule has 0 aliphatic carbocycles. The minimum absolute atomic E-state index is 0.0448. The number of allylic oxidation sites excluding steroid dienone is 1. The Labute approximate surface area is 121 Å². The fraction of sp³-hybridized carbons (Fsp3) is 0.462. The maximum Gasteiger partial charge on any atom is 0.410 e. The van der Waals surface area contributed by atoms with E-state index in [4.69, 9.17) is 16.5 Å². The molecule has 3 atom stereocenters. The molecule has 1 amide bonds. The van der Waals surface area contributed by atoms with Crippen LogP contribution in [0.1, 0.15) is 12.8 Å². The van der Waals surface area contributed by atoms with E-state index >= 15 is 0 Å². The molecule has 0 aromatic rings. The van der Waals surface area contributed by atoms with Crippen LogP contribution in [0.4, 0.5) is 4.79 Å². The molecule has 4 rings (SSSR count). The third-order valence-corrected chi connectivity index (χ3v) is 4.67. The highest BCUT2D eigenvalue weighted by atomic mass is 35.5. The fourth-order valence-electron chi connectivity index (χ4n) is 3.18. The average molecular weight is 294 g/mol. The Bertz CT molecular complexity index is 597. The van der Waals surface area contributed by atoms with Crippen LogP contribution in [-0.4, -0.2) is 46.7 Å². The van der Waals surface area contributed by atoms with E-state index in [1.54, 1.807) is 25.0 Å². The van der Waals surface area contributed by atoms with Crippen molar-refractivity contribution < 1.29 is 13.5 Å². The van der Waals surface area contributed by atoms with Crippen LogP contribution in [0.3, 0.4) is 0 Å². The Hall–Kier alpha value is -1.66. The number of nitrogens with zero attached hydrogens (tertiary/aromatic N) is 4. The van der Waals surface area contributed by atoms with E-state index in [1.807, 2.05) is 4.90 Å². The van der Waals surface area contributed by atoms with Gasteiger partial charge in [-0.25, -0.2) is 4.79 Å². The first-order valence-electron chi connectivity index (χ1n) is 6.70. The van der Waals surface area contributed by atoms with Crippen LogP contribution in [0, 0.1) is 5.92 Å². The topological polar surface area (TPSA) is 54.3 Å². The lowest BCUT2D eigenvalue weighted by Crippen LogP contribution is -2.42. The Morgan fingerprint density at radius 3 is 3.25 bits per heavy atom. The highest BCUT2D eigenvalue weighted by Gasteiger charge is 2.44. The number of aliphatic imine (C=N–C) groups is 2. The van der Waals surface area contributed by atoms with E-state index in [2.05, 4.69) is 9.98 Å². The van der Waals surface area contributed by atoms with Crippen molar-refractivity contribution in [2.24, 2.45) is 15.9 Å². The first-order valence-corrected chi connectivity index (χ1v) is 7.03. The summed E-state index contributed by atoms with van der Waals surface area (Å²) in [6, 6.07) is 0.227. The molecule has 1 unspecified atom stereocenters. The molecule has 0 saturated carbocycles. The van der Waals surface area contributed by atoms with E-state index in [9.17, 15) is 4.79 Å². The molecule has 4 heterocycles. The molecule has 0 N–H and O–H groups in total. The minimum Gasteiger partial charge on any atom is -0.447 e. The van der Waals surface area contributed by atoms with Crippen LogP contribution >= 0.6 is 11.8 Å². The van der Waals surface area contributed by atoms with Crippen molar-refractivity contribution in [3.05, 3.63) is 23.8 Å². The molecule has 4 aliphatic heterocycles.